The summed E-state index contributed by atoms with van der Waals surface area (Å²) in [6.07, 6.45) is 4.02. The minimum atomic E-state index is -0.00957. The van der Waals surface area contributed by atoms with Gasteiger partial charge in [0.2, 0.25) is 0 Å². The van der Waals surface area contributed by atoms with E-state index in [9.17, 15) is 4.79 Å². The molecule has 2 aliphatic heterocycles. The normalized spacial score (nSPS) is 21.8. The first-order valence-corrected chi connectivity index (χ1v) is 8.13. The maximum Gasteiger partial charge on any atom is 0.254 e. The molecule has 1 fully saturated rings. The van der Waals surface area contributed by atoms with Crippen LogP contribution in [0.2, 0.25) is 0 Å². The van der Waals surface area contributed by atoms with Gasteiger partial charge >= 0.3 is 0 Å². The van der Waals surface area contributed by atoms with Gasteiger partial charge in [-0.15, -0.1) is 12.4 Å². The van der Waals surface area contributed by atoms with E-state index in [1.165, 1.54) is 0 Å². The molecule has 2 N–H and O–H groups in total. The zero-order valence-corrected chi connectivity index (χ0v) is 14.3. The van der Waals surface area contributed by atoms with Gasteiger partial charge in [0.1, 0.15) is 0 Å². The maximum atomic E-state index is 12.9. The number of benzene rings is 1. The highest BCUT2D eigenvalue weighted by atomic mass is 35.5. The number of amides is 1. The van der Waals surface area contributed by atoms with Crippen LogP contribution < -0.4 is 15.2 Å². The molecule has 1 aromatic carbocycles. The molecular weight excluding hydrogens is 316 g/mol. The molecule has 0 saturated carbocycles. The molecule has 0 bridgehead atoms. The van der Waals surface area contributed by atoms with Crippen LogP contribution >= 0.6 is 12.4 Å². The standard InChI is InChI=1S/C17H24N2O3.ClH/c1-12(18)14-5-2-3-8-19(14)17(20)13-6-7-15-16(11-13)22-10-4-9-21-15;/h6-7,11-12,14H,2-5,8-10,18H2,1H3;1H. The van der Waals surface area contributed by atoms with E-state index in [1.54, 1.807) is 6.07 Å². The molecule has 128 valence electrons. The van der Waals surface area contributed by atoms with Crippen LogP contribution in [0.15, 0.2) is 18.2 Å². The minimum Gasteiger partial charge on any atom is -0.490 e. The largest absolute Gasteiger partial charge is 0.490 e. The number of carbonyl (C=O) groups is 1. The summed E-state index contributed by atoms with van der Waals surface area (Å²) in [7, 11) is 0. The Balaban J connectivity index is 0.00000192. The van der Waals surface area contributed by atoms with E-state index < -0.39 is 0 Å². The summed E-state index contributed by atoms with van der Waals surface area (Å²) in [5, 5.41) is 0. The van der Waals surface area contributed by atoms with E-state index >= 15 is 0 Å². The van der Waals surface area contributed by atoms with E-state index in [2.05, 4.69) is 0 Å². The Labute approximate surface area is 143 Å². The number of carbonyl (C=O) groups excluding carboxylic acids is 1. The fourth-order valence-corrected chi connectivity index (χ4v) is 3.22. The van der Waals surface area contributed by atoms with Gasteiger partial charge in [-0.3, -0.25) is 4.79 Å². The lowest BCUT2D eigenvalue weighted by Crippen LogP contribution is -2.51. The quantitative estimate of drug-likeness (QED) is 0.898. The molecule has 0 aromatic heterocycles. The predicted octanol–water partition coefficient (Wildman–Crippen LogP) is 2.61. The van der Waals surface area contributed by atoms with Crippen LogP contribution in [0.3, 0.4) is 0 Å². The van der Waals surface area contributed by atoms with Gasteiger partial charge in [0, 0.05) is 30.6 Å². The zero-order chi connectivity index (χ0) is 15.5. The average Bonchev–Trinajstić information content (AvgIpc) is 2.78. The van der Waals surface area contributed by atoms with Crippen LogP contribution in [0, 0.1) is 0 Å². The highest BCUT2D eigenvalue weighted by Crippen LogP contribution is 2.31. The van der Waals surface area contributed by atoms with Gasteiger partial charge in [-0.25, -0.2) is 0 Å². The fourth-order valence-electron chi connectivity index (χ4n) is 3.22. The van der Waals surface area contributed by atoms with Crippen molar-refractivity contribution in [1.82, 2.24) is 4.90 Å². The highest BCUT2D eigenvalue weighted by molar-refractivity contribution is 5.95. The number of nitrogens with two attached hydrogens (primary N) is 1. The lowest BCUT2D eigenvalue weighted by Gasteiger charge is -2.38. The van der Waals surface area contributed by atoms with Crippen molar-refractivity contribution in [2.75, 3.05) is 19.8 Å². The molecule has 6 heteroatoms. The molecular formula is C17H25ClN2O3. The Hall–Kier alpha value is -1.46. The van der Waals surface area contributed by atoms with Gasteiger partial charge in [0.05, 0.1) is 13.2 Å². The van der Waals surface area contributed by atoms with Gasteiger partial charge in [-0.2, -0.15) is 0 Å². The Morgan fingerprint density at radius 1 is 1.22 bits per heavy atom. The first kappa shape index (κ1) is 17.9. The van der Waals surface area contributed by atoms with Crippen molar-refractivity contribution < 1.29 is 14.3 Å². The molecule has 2 unspecified atom stereocenters. The third-order valence-corrected chi connectivity index (χ3v) is 4.41. The second kappa shape index (κ2) is 7.88. The van der Waals surface area contributed by atoms with Crippen LogP contribution in [0.25, 0.3) is 0 Å². The Morgan fingerprint density at radius 3 is 2.70 bits per heavy atom. The molecule has 1 aromatic rings. The number of fused-ring (bicyclic) bond motifs is 1. The van der Waals surface area contributed by atoms with E-state index in [4.69, 9.17) is 15.2 Å². The number of halogens is 1. The second-order valence-electron chi connectivity index (χ2n) is 6.13. The number of piperidine rings is 1. The van der Waals surface area contributed by atoms with Gasteiger partial charge in [0.25, 0.3) is 5.91 Å². The van der Waals surface area contributed by atoms with Crippen LogP contribution in [-0.2, 0) is 0 Å². The summed E-state index contributed by atoms with van der Waals surface area (Å²) in [5.74, 6) is 1.42. The maximum absolute atomic E-state index is 12.9. The van der Waals surface area contributed by atoms with Crippen LogP contribution in [-0.4, -0.2) is 42.6 Å². The van der Waals surface area contributed by atoms with Crippen molar-refractivity contribution in [3.63, 3.8) is 0 Å². The molecule has 5 nitrogen and oxygen atoms in total. The molecule has 2 atom stereocenters. The monoisotopic (exact) mass is 340 g/mol. The summed E-state index contributed by atoms with van der Waals surface area (Å²) in [5.41, 5.74) is 6.72. The first-order chi connectivity index (χ1) is 10.7. The van der Waals surface area contributed by atoms with Crippen molar-refractivity contribution in [3.05, 3.63) is 23.8 Å². The van der Waals surface area contributed by atoms with Crippen molar-refractivity contribution in [3.8, 4) is 11.5 Å². The summed E-state index contributed by atoms with van der Waals surface area (Å²) in [6, 6.07) is 5.57. The smallest absolute Gasteiger partial charge is 0.254 e. The topological polar surface area (TPSA) is 64.8 Å². The molecule has 1 saturated heterocycles. The van der Waals surface area contributed by atoms with Gasteiger partial charge in [-0.1, -0.05) is 0 Å². The van der Waals surface area contributed by atoms with Crippen LogP contribution in [0.4, 0.5) is 0 Å². The van der Waals surface area contributed by atoms with E-state index in [-0.39, 0.29) is 30.4 Å². The molecule has 0 radical (unpaired) electrons. The van der Waals surface area contributed by atoms with E-state index in [0.717, 1.165) is 38.0 Å². The van der Waals surface area contributed by atoms with Crippen molar-refractivity contribution in [2.24, 2.45) is 5.73 Å². The summed E-state index contributed by atoms with van der Waals surface area (Å²) in [6.45, 7) is 4.03. The summed E-state index contributed by atoms with van der Waals surface area (Å²) >= 11 is 0. The van der Waals surface area contributed by atoms with Crippen molar-refractivity contribution >= 4 is 18.3 Å². The molecule has 1 amide bonds. The number of ether oxygens (including phenoxy) is 2. The second-order valence-corrected chi connectivity index (χ2v) is 6.13. The Bertz CT molecular complexity index is 551. The van der Waals surface area contributed by atoms with Gasteiger partial charge in [0.15, 0.2) is 11.5 Å². The Kier molecular flexibility index (Phi) is 6.13. The van der Waals surface area contributed by atoms with Gasteiger partial charge < -0.3 is 20.1 Å². The first-order valence-electron chi connectivity index (χ1n) is 8.13. The van der Waals surface area contributed by atoms with Crippen LogP contribution in [0.5, 0.6) is 11.5 Å². The highest BCUT2D eigenvalue weighted by Gasteiger charge is 2.30. The van der Waals surface area contributed by atoms with Crippen molar-refractivity contribution in [1.29, 1.82) is 0 Å². The number of rotatable bonds is 2. The summed E-state index contributed by atoms with van der Waals surface area (Å²) in [4.78, 5) is 14.8. The third-order valence-electron chi connectivity index (χ3n) is 4.41. The molecule has 3 rings (SSSR count). The molecule has 2 aliphatic rings. The number of hydrogen-bond donors (Lipinski definition) is 1. The number of hydrogen-bond acceptors (Lipinski definition) is 4. The lowest BCUT2D eigenvalue weighted by molar-refractivity contribution is 0.0583. The zero-order valence-electron chi connectivity index (χ0n) is 13.5. The molecule has 0 spiro atoms. The number of likely N-dealkylation sites (tertiary alicyclic amines) is 1. The van der Waals surface area contributed by atoms with Crippen molar-refractivity contribution in [2.45, 2.75) is 44.7 Å². The van der Waals surface area contributed by atoms with Gasteiger partial charge in [-0.05, 0) is 44.4 Å². The Morgan fingerprint density at radius 2 is 1.96 bits per heavy atom. The lowest BCUT2D eigenvalue weighted by atomic mass is 9.96. The predicted molar refractivity (Wildman–Crippen MR) is 91.6 cm³/mol. The molecule has 0 aliphatic carbocycles. The minimum absolute atomic E-state index is 0. The van der Waals surface area contributed by atoms with Crippen LogP contribution in [0.1, 0.15) is 43.0 Å². The molecule has 2 heterocycles. The number of nitrogens with zero attached hydrogens (tertiary/aromatic N) is 1. The fraction of sp³-hybridized carbons (Fsp3) is 0.588. The van der Waals surface area contributed by atoms with E-state index in [0.29, 0.717) is 24.5 Å². The molecule has 23 heavy (non-hydrogen) atoms. The van der Waals surface area contributed by atoms with E-state index in [1.807, 2.05) is 24.0 Å². The summed E-state index contributed by atoms with van der Waals surface area (Å²) < 4.78 is 11.3. The average molecular weight is 341 g/mol. The SMILES string of the molecule is CC(N)C1CCCCN1C(=O)c1ccc2c(c1)OCCCO2.Cl. The third kappa shape index (κ3) is 3.90.